The van der Waals surface area contributed by atoms with E-state index in [2.05, 4.69) is 31.2 Å². The topological polar surface area (TPSA) is 32.6 Å². The summed E-state index contributed by atoms with van der Waals surface area (Å²) in [5, 5.41) is 12.6. The average molecular weight is 247 g/mol. The van der Waals surface area contributed by atoms with Crippen LogP contribution < -0.4 is 0 Å². The third kappa shape index (κ3) is 3.24. The van der Waals surface area contributed by atoms with E-state index in [1.165, 1.54) is 37.7 Å². The van der Waals surface area contributed by atoms with Crippen LogP contribution in [0.5, 0.6) is 0 Å². The Morgan fingerprint density at radius 2 is 2.33 bits per heavy atom. The quantitative estimate of drug-likeness (QED) is 0.437. The largest absolute Gasteiger partial charge is 0.411 e. The molecular weight excluding hydrogens is 222 g/mol. The summed E-state index contributed by atoms with van der Waals surface area (Å²) in [6.45, 7) is 4.33. The molecular formula is C16H25NO. The van der Waals surface area contributed by atoms with Gasteiger partial charge in [-0.25, -0.2) is 0 Å². The van der Waals surface area contributed by atoms with Crippen molar-refractivity contribution >= 4 is 5.71 Å². The van der Waals surface area contributed by atoms with E-state index in [4.69, 9.17) is 5.21 Å². The first kappa shape index (κ1) is 13.4. The average Bonchev–Trinajstić information content (AvgIpc) is 2.37. The first-order valence-electron chi connectivity index (χ1n) is 7.22. The van der Waals surface area contributed by atoms with Gasteiger partial charge in [0, 0.05) is 5.92 Å². The maximum Gasteiger partial charge on any atom is 0.0607 e. The molecule has 0 aromatic heterocycles. The summed E-state index contributed by atoms with van der Waals surface area (Å²) in [5.41, 5.74) is 4.08. The zero-order valence-corrected chi connectivity index (χ0v) is 11.7. The molecule has 0 aromatic rings. The summed E-state index contributed by atoms with van der Waals surface area (Å²) in [6.07, 6.45) is 12.9. The van der Waals surface area contributed by atoms with E-state index in [1.807, 2.05) is 0 Å². The van der Waals surface area contributed by atoms with Crippen LogP contribution in [0.2, 0.25) is 0 Å². The van der Waals surface area contributed by atoms with Gasteiger partial charge in [0.2, 0.25) is 0 Å². The predicted molar refractivity (Wildman–Crippen MR) is 76.0 cm³/mol. The Morgan fingerprint density at radius 1 is 1.50 bits per heavy atom. The minimum Gasteiger partial charge on any atom is -0.411 e. The smallest absolute Gasteiger partial charge is 0.0607 e. The lowest BCUT2D eigenvalue weighted by molar-refractivity contribution is 0.284. The lowest BCUT2D eigenvalue weighted by Gasteiger charge is -2.35. The Balaban J connectivity index is 1.94. The third-order valence-corrected chi connectivity index (χ3v) is 4.34. The molecule has 1 saturated carbocycles. The van der Waals surface area contributed by atoms with Gasteiger partial charge in [-0.2, -0.15) is 0 Å². The van der Waals surface area contributed by atoms with Crippen LogP contribution in [0.1, 0.15) is 58.8 Å². The fourth-order valence-electron chi connectivity index (χ4n) is 3.37. The van der Waals surface area contributed by atoms with Crippen LogP contribution in [-0.2, 0) is 0 Å². The van der Waals surface area contributed by atoms with E-state index in [0.717, 1.165) is 24.5 Å². The van der Waals surface area contributed by atoms with Crippen molar-refractivity contribution in [2.45, 2.75) is 58.8 Å². The maximum atomic E-state index is 9.06. The second-order valence-electron chi connectivity index (χ2n) is 5.97. The van der Waals surface area contributed by atoms with Crippen LogP contribution in [0, 0.1) is 11.8 Å². The standard InChI is InChI=1S/C16H25NO/c1-12(2)5-3-6-13-9-10-15-14(11-13)7-4-8-16(15)17-18/h5,9,14-15,18H,3-4,6-8,10-11H2,1-2H3/b17-16+/t14-,15+/m0/s1. The van der Waals surface area contributed by atoms with Gasteiger partial charge >= 0.3 is 0 Å². The second kappa shape index (κ2) is 6.21. The zero-order valence-electron chi connectivity index (χ0n) is 11.7. The van der Waals surface area contributed by atoms with Gasteiger partial charge in [0.15, 0.2) is 0 Å². The third-order valence-electron chi connectivity index (χ3n) is 4.34. The van der Waals surface area contributed by atoms with Crippen molar-refractivity contribution in [3.8, 4) is 0 Å². The molecule has 0 radical (unpaired) electrons. The van der Waals surface area contributed by atoms with Crippen LogP contribution >= 0.6 is 0 Å². The monoisotopic (exact) mass is 247 g/mol. The molecule has 1 fully saturated rings. The minimum atomic E-state index is 0.524. The Labute approximate surface area is 110 Å². The van der Waals surface area contributed by atoms with Crippen molar-refractivity contribution in [3.63, 3.8) is 0 Å². The Kier molecular flexibility index (Phi) is 4.62. The summed E-state index contributed by atoms with van der Waals surface area (Å²) in [6, 6.07) is 0. The van der Waals surface area contributed by atoms with Gasteiger partial charge in [-0.15, -0.1) is 0 Å². The van der Waals surface area contributed by atoms with Gasteiger partial charge in [0.05, 0.1) is 5.71 Å². The summed E-state index contributed by atoms with van der Waals surface area (Å²) >= 11 is 0. The van der Waals surface area contributed by atoms with E-state index in [1.54, 1.807) is 5.57 Å². The SMILES string of the molecule is CC(C)=CCCC1=CC[C@H]2/C(=N/O)CCC[C@H]2C1. The van der Waals surface area contributed by atoms with Gasteiger partial charge in [0.25, 0.3) is 0 Å². The molecule has 0 heterocycles. The fourth-order valence-corrected chi connectivity index (χ4v) is 3.37. The van der Waals surface area contributed by atoms with Crippen molar-refractivity contribution in [3.05, 3.63) is 23.3 Å². The van der Waals surface area contributed by atoms with Gasteiger partial charge in [-0.3, -0.25) is 0 Å². The molecule has 2 aliphatic carbocycles. The van der Waals surface area contributed by atoms with Crippen LogP contribution in [0.15, 0.2) is 28.5 Å². The highest BCUT2D eigenvalue weighted by Crippen LogP contribution is 2.39. The lowest BCUT2D eigenvalue weighted by atomic mass is 9.70. The summed E-state index contributed by atoms with van der Waals surface area (Å²) < 4.78 is 0. The van der Waals surface area contributed by atoms with Crippen LogP contribution in [-0.4, -0.2) is 10.9 Å². The number of fused-ring (bicyclic) bond motifs is 1. The molecule has 2 nitrogen and oxygen atoms in total. The first-order valence-corrected chi connectivity index (χ1v) is 7.22. The van der Waals surface area contributed by atoms with Gasteiger partial charge in [0.1, 0.15) is 0 Å². The molecule has 0 aliphatic heterocycles. The van der Waals surface area contributed by atoms with Crippen LogP contribution in [0.4, 0.5) is 0 Å². The number of hydrogen-bond acceptors (Lipinski definition) is 2. The van der Waals surface area contributed by atoms with Crippen molar-refractivity contribution in [1.82, 2.24) is 0 Å². The highest BCUT2D eigenvalue weighted by atomic mass is 16.4. The van der Waals surface area contributed by atoms with Crippen molar-refractivity contribution in [2.75, 3.05) is 0 Å². The molecule has 0 amide bonds. The lowest BCUT2D eigenvalue weighted by Crippen LogP contribution is -2.30. The molecule has 1 N–H and O–H groups in total. The second-order valence-corrected chi connectivity index (χ2v) is 5.97. The normalized spacial score (nSPS) is 29.7. The van der Waals surface area contributed by atoms with E-state index >= 15 is 0 Å². The Bertz CT molecular complexity index is 375. The first-order chi connectivity index (χ1) is 8.70. The number of oxime groups is 1. The fraction of sp³-hybridized carbons (Fsp3) is 0.688. The molecule has 0 unspecified atom stereocenters. The van der Waals surface area contributed by atoms with Crippen molar-refractivity contribution in [2.24, 2.45) is 17.0 Å². The summed E-state index contributed by atoms with van der Waals surface area (Å²) in [5.74, 6) is 1.26. The van der Waals surface area contributed by atoms with Crippen molar-refractivity contribution < 1.29 is 5.21 Å². The molecule has 0 bridgehead atoms. The molecule has 2 atom stereocenters. The minimum absolute atomic E-state index is 0.524. The molecule has 2 rings (SSSR count). The predicted octanol–water partition coefficient (Wildman–Crippen LogP) is 4.70. The van der Waals surface area contributed by atoms with Gasteiger partial charge in [-0.05, 0) is 64.7 Å². The van der Waals surface area contributed by atoms with E-state index < -0.39 is 0 Å². The highest BCUT2D eigenvalue weighted by molar-refractivity contribution is 5.87. The van der Waals surface area contributed by atoms with Crippen LogP contribution in [0.25, 0.3) is 0 Å². The molecule has 0 aromatic carbocycles. The summed E-state index contributed by atoms with van der Waals surface area (Å²) in [4.78, 5) is 0. The van der Waals surface area contributed by atoms with E-state index in [0.29, 0.717) is 5.92 Å². The van der Waals surface area contributed by atoms with Gasteiger partial charge in [-0.1, -0.05) is 28.5 Å². The van der Waals surface area contributed by atoms with E-state index in [-0.39, 0.29) is 0 Å². The number of nitrogens with zero attached hydrogens (tertiary/aromatic N) is 1. The van der Waals surface area contributed by atoms with E-state index in [9.17, 15) is 0 Å². The summed E-state index contributed by atoms with van der Waals surface area (Å²) in [7, 11) is 0. The maximum absolute atomic E-state index is 9.06. The Morgan fingerprint density at radius 3 is 3.06 bits per heavy atom. The number of rotatable bonds is 3. The highest BCUT2D eigenvalue weighted by Gasteiger charge is 2.32. The Hall–Kier alpha value is -1.05. The van der Waals surface area contributed by atoms with Crippen molar-refractivity contribution in [1.29, 1.82) is 0 Å². The molecule has 2 aliphatic rings. The van der Waals surface area contributed by atoms with Crippen LogP contribution in [0.3, 0.4) is 0 Å². The molecule has 2 heteroatoms. The van der Waals surface area contributed by atoms with Gasteiger partial charge < -0.3 is 5.21 Å². The molecule has 100 valence electrons. The molecule has 18 heavy (non-hydrogen) atoms. The number of hydrogen-bond donors (Lipinski definition) is 1. The number of allylic oxidation sites excluding steroid dienone is 4. The molecule has 0 spiro atoms. The zero-order chi connectivity index (χ0) is 13.0. The molecule has 0 saturated heterocycles.